The lowest BCUT2D eigenvalue weighted by atomic mass is 9.58. The molecule has 0 spiro atoms. The van der Waals surface area contributed by atoms with Crippen molar-refractivity contribution in [3.63, 3.8) is 0 Å². The maximum atomic E-state index is 12.7. The highest BCUT2D eigenvalue weighted by atomic mass is 16.5. The van der Waals surface area contributed by atoms with Gasteiger partial charge in [-0.15, -0.1) is 0 Å². The van der Waals surface area contributed by atoms with Crippen molar-refractivity contribution in [3.05, 3.63) is 29.8 Å². The van der Waals surface area contributed by atoms with Gasteiger partial charge in [-0.1, -0.05) is 26.0 Å². The minimum Gasteiger partial charge on any atom is -0.399 e. The first kappa shape index (κ1) is 17.8. The Morgan fingerprint density at radius 2 is 1.87 bits per heavy atom. The summed E-state index contributed by atoms with van der Waals surface area (Å²) in [6.45, 7) is 7.20. The third-order valence-corrected chi connectivity index (χ3v) is 5.62. The summed E-state index contributed by atoms with van der Waals surface area (Å²) in [5.74, 6) is 0.168. The van der Waals surface area contributed by atoms with Crippen LogP contribution in [0.1, 0.15) is 45.6 Å². The minimum atomic E-state index is 0.0987. The molecule has 0 bridgehead atoms. The average Bonchev–Trinajstić information content (AvgIpc) is 2.54. The zero-order valence-corrected chi connectivity index (χ0v) is 14.8. The molecular formula is C19H30N2O2. The topological polar surface area (TPSA) is 55.6 Å². The van der Waals surface area contributed by atoms with Crippen LogP contribution in [0.25, 0.3) is 0 Å². The number of rotatable bonds is 7. The van der Waals surface area contributed by atoms with Gasteiger partial charge in [0.05, 0.1) is 12.5 Å². The molecule has 1 aromatic rings. The lowest BCUT2D eigenvalue weighted by Crippen LogP contribution is -2.64. The first-order valence-corrected chi connectivity index (χ1v) is 8.70. The van der Waals surface area contributed by atoms with Crippen LogP contribution in [0.3, 0.4) is 0 Å². The second kappa shape index (κ2) is 7.35. The van der Waals surface area contributed by atoms with E-state index in [0.717, 1.165) is 37.1 Å². The number of hydrogen-bond donors (Lipinski definition) is 1. The summed E-state index contributed by atoms with van der Waals surface area (Å²) in [6, 6.07) is 7.82. The molecule has 0 radical (unpaired) electrons. The van der Waals surface area contributed by atoms with Crippen molar-refractivity contribution >= 4 is 11.6 Å². The van der Waals surface area contributed by atoms with Crippen molar-refractivity contribution in [2.75, 3.05) is 19.4 Å². The van der Waals surface area contributed by atoms with Gasteiger partial charge in [-0.2, -0.15) is 0 Å². The molecule has 2 unspecified atom stereocenters. The lowest BCUT2D eigenvalue weighted by Gasteiger charge is -2.58. The number of carbonyl (C=O) groups excluding carboxylic acids is 1. The molecule has 0 aliphatic heterocycles. The molecule has 2 N–H and O–H groups in total. The smallest absolute Gasteiger partial charge is 0.227 e. The minimum absolute atomic E-state index is 0.0987. The molecule has 1 aromatic carbocycles. The molecule has 4 nitrogen and oxygen atoms in total. The molecule has 0 saturated heterocycles. The molecule has 1 saturated carbocycles. The standard InChI is InChI=1S/C19H30N2O2/c1-5-19(6-2)16(13-17(19)23-7-3)21(4)18(22)12-14-8-10-15(20)11-9-14/h8-11,16-17H,5-7,12-13,20H2,1-4H3. The van der Waals surface area contributed by atoms with Gasteiger partial charge in [0.25, 0.3) is 0 Å². The highest BCUT2D eigenvalue weighted by Crippen LogP contribution is 2.51. The normalized spacial score (nSPS) is 22.4. The van der Waals surface area contributed by atoms with Crippen molar-refractivity contribution in [1.82, 2.24) is 4.90 Å². The Morgan fingerprint density at radius 3 is 2.39 bits per heavy atom. The molecule has 0 heterocycles. The van der Waals surface area contributed by atoms with E-state index in [0.29, 0.717) is 6.42 Å². The van der Waals surface area contributed by atoms with Crippen LogP contribution in [0.5, 0.6) is 0 Å². The van der Waals surface area contributed by atoms with Gasteiger partial charge in [-0.05, 0) is 43.9 Å². The summed E-state index contributed by atoms with van der Waals surface area (Å²) < 4.78 is 5.92. The third-order valence-electron chi connectivity index (χ3n) is 5.62. The number of carbonyl (C=O) groups is 1. The Bertz CT molecular complexity index is 523. The Balaban J connectivity index is 2.05. The highest BCUT2D eigenvalue weighted by Gasteiger charge is 2.55. The van der Waals surface area contributed by atoms with Crippen LogP contribution in [0.15, 0.2) is 24.3 Å². The summed E-state index contributed by atoms with van der Waals surface area (Å²) >= 11 is 0. The predicted octanol–water partition coefficient (Wildman–Crippen LogP) is 3.25. The summed E-state index contributed by atoms with van der Waals surface area (Å²) in [5, 5.41) is 0. The van der Waals surface area contributed by atoms with Gasteiger partial charge in [-0.3, -0.25) is 4.79 Å². The van der Waals surface area contributed by atoms with E-state index in [2.05, 4.69) is 13.8 Å². The molecule has 2 atom stereocenters. The van der Waals surface area contributed by atoms with E-state index in [1.807, 2.05) is 43.1 Å². The van der Waals surface area contributed by atoms with Gasteiger partial charge in [0.2, 0.25) is 5.91 Å². The van der Waals surface area contributed by atoms with Gasteiger partial charge in [-0.25, -0.2) is 0 Å². The Morgan fingerprint density at radius 1 is 1.26 bits per heavy atom. The van der Waals surface area contributed by atoms with Crippen molar-refractivity contribution in [2.45, 2.75) is 58.6 Å². The largest absolute Gasteiger partial charge is 0.399 e. The van der Waals surface area contributed by atoms with Crippen molar-refractivity contribution in [2.24, 2.45) is 5.41 Å². The van der Waals surface area contributed by atoms with E-state index < -0.39 is 0 Å². The molecule has 0 aromatic heterocycles. The third kappa shape index (κ3) is 3.37. The molecular weight excluding hydrogens is 288 g/mol. The fraction of sp³-hybridized carbons (Fsp3) is 0.632. The SMILES string of the molecule is CCOC1CC(N(C)C(=O)Cc2ccc(N)cc2)C1(CC)CC. The summed E-state index contributed by atoms with van der Waals surface area (Å²) in [7, 11) is 1.94. The summed E-state index contributed by atoms with van der Waals surface area (Å²) in [6.07, 6.45) is 3.73. The number of hydrogen-bond acceptors (Lipinski definition) is 3. The van der Waals surface area contributed by atoms with Crippen LogP contribution in [0.2, 0.25) is 0 Å². The number of benzene rings is 1. The average molecular weight is 318 g/mol. The van der Waals surface area contributed by atoms with E-state index in [1.54, 1.807) is 0 Å². The molecule has 1 fully saturated rings. The van der Waals surface area contributed by atoms with Crippen LogP contribution < -0.4 is 5.73 Å². The molecule has 2 rings (SSSR count). The van der Waals surface area contributed by atoms with Crippen molar-refractivity contribution in [1.29, 1.82) is 0 Å². The Labute approximate surface area is 140 Å². The summed E-state index contributed by atoms with van der Waals surface area (Å²) in [5.41, 5.74) is 7.54. The van der Waals surface area contributed by atoms with Crippen LogP contribution in [-0.4, -0.2) is 36.6 Å². The predicted molar refractivity (Wildman–Crippen MR) is 94.2 cm³/mol. The van der Waals surface area contributed by atoms with Gasteiger partial charge >= 0.3 is 0 Å². The molecule has 1 aliphatic carbocycles. The molecule has 1 amide bonds. The number of anilines is 1. The monoisotopic (exact) mass is 318 g/mol. The zero-order chi connectivity index (χ0) is 17.0. The van der Waals surface area contributed by atoms with E-state index in [4.69, 9.17) is 10.5 Å². The number of likely N-dealkylation sites (N-methyl/N-ethyl adjacent to an activating group) is 1. The van der Waals surface area contributed by atoms with Gasteiger partial charge in [0.1, 0.15) is 0 Å². The van der Waals surface area contributed by atoms with E-state index in [9.17, 15) is 4.79 Å². The van der Waals surface area contributed by atoms with E-state index in [1.165, 1.54) is 0 Å². The number of ether oxygens (including phenoxy) is 1. The Kier molecular flexibility index (Phi) is 5.69. The molecule has 4 heteroatoms. The van der Waals surface area contributed by atoms with Crippen LogP contribution in [-0.2, 0) is 16.0 Å². The van der Waals surface area contributed by atoms with E-state index in [-0.39, 0.29) is 23.5 Å². The Hall–Kier alpha value is -1.55. The molecule has 1 aliphatic rings. The van der Waals surface area contributed by atoms with Crippen molar-refractivity contribution < 1.29 is 9.53 Å². The maximum Gasteiger partial charge on any atom is 0.227 e. The second-order valence-corrected chi connectivity index (χ2v) is 6.56. The lowest BCUT2D eigenvalue weighted by molar-refractivity contribution is -0.176. The van der Waals surface area contributed by atoms with Gasteiger partial charge < -0.3 is 15.4 Å². The van der Waals surface area contributed by atoms with Crippen LogP contribution >= 0.6 is 0 Å². The fourth-order valence-electron chi connectivity index (χ4n) is 3.99. The van der Waals surface area contributed by atoms with Gasteiger partial charge in [0.15, 0.2) is 0 Å². The molecule has 23 heavy (non-hydrogen) atoms. The number of amides is 1. The molecule has 128 valence electrons. The zero-order valence-electron chi connectivity index (χ0n) is 14.8. The maximum absolute atomic E-state index is 12.7. The first-order valence-electron chi connectivity index (χ1n) is 8.70. The fourth-order valence-corrected chi connectivity index (χ4v) is 3.99. The summed E-state index contributed by atoms with van der Waals surface area (Å²) in [4.78, 5) is 14.6. The highest BCUT2D eigenvalue weighted by molar-refractivity contribution is 5.79. The number of nitrogens with two attached hydrogens (primary N) is 1. The van der Waals surface area contributed by atoms with Crippen molar-refractivity contribution in [3.8, 4) is 0 Å². The van der Waals surface area contributed by atoms with E-state index >= 15 is 0 Å². The van der Waals surface area contributed by atoms with Gasteiger partial charge in [0, 0.05) is 30.8 Å². The quantitative estimate of drug-likeness (QED) is 0.785. The van der Waals surface area contributed by atoms with Crippen LogP contribution in [0, 0.1) is 5.41 Å². The first-order chi connectivity index (χ1) is 11.0. The number of nitrogen functional groups attached to an aromatic ring is 1. The number of nitrogens with zero attached hydrogens (tertiary/aromatic N) is 1. The second-order valence-electron chi connectivity index (χ2n) is 6.56. The van der Waals surface area contributed by atoms with Crippen LogP contribution in [0.4, 0.5) is 5.69 Å².